The number of amides is 1. The standard InChI is InChI=1S/C18H21F2N3O2/c1-23(2)15(18-12(19)6-4-7-13(18)20)11-22-17(24)10-14-16(25-3)8-5-9-21-14/h4-9,15H,10-11H2,1-3H3,(H,22,24)/t15-/m1/s1. The maximum absolute atomic E-state index is 14.0. The summed E-state index contributed by atoms with van der Waals surface area (Å²) in [6.07, 6.45) is 1.59. The van der Waals surface area contributed by atoms with E-state index in [1.807, 2.05) is 0 Å². The second kappa shape index (κ2) is 8.53. The van der Waals surface area contributed by atoms with Crippen molar-refractivity contribution in [2.45, 2.75) is 12.5 Å². The fourth-order valence-electron chi connectivity index (χ4n) is 2.54. The molecular weight excluding hydrogens is 328 g/mol. The highest BCUT2D eigenvalue weighted by Crippen LogP contribution is 2.24. The van der Waals surface area contributed by atoms with Crippen LogP contribution in [0.1, 0.15) is 17.3 Å². The fourth-order valence-corrected chi connectivity index (χ4v) is 2.54. The van der Waals surface area contributed by atoms with Crippen molar-refractivity contribution in [2.75, 3.05) is 27.7 Å². The molecule has 2 aromatic rings. The topological polar surface area (TPSA) is 54.5 Å². The maximum Gasteiger partial charge on any atom is 0.226 e. The lowest BCUT2D eigenvalue weighted by Crippen LogP contribution is -2.36. The van der Waals surface area contributed by atoms with Crippen LogP contribution in [0.4, 0.5) is 8.78 Å². The van der Waals surface area contributed by atoms with Gasteiger partial charge in [-0.25, -0.2) is 8.78 Å². The van der Waals surface area contributed by atoms with Crippen LogP contribution in [0.15, 0.2) is 36.5 Å². The molecule has 5 nitrogen and oxygen atoms in total. The molecular formula is C18H21F2N3O2. The average Bonchev–Trinajstić information content (AvgIpc) is 2.57. The quantitative estimate of drug-likeness (QED) is 0.834. The van der Waals surface area contributed by atoms with E-state index in [4.69, 9.17) is 4.74 Å². The molecule has 0 aliphatic rings. The summed E-state index contributed by atoms with van der Waals surface area (Å²) < 4.78 is 33.2. The molecule has 0 unspecified atom stereocenters. The SMILES string of the molecule is COc1cccnc1CC(=O)NC[C@H](c1c(F)cccc1F)N(C)C. The van der Waals surface area contributed by atoms with Gasteiger partial charge >= 0.3 is 0 Å². The number of rotatable bonds is 7. The number of methoxy groups -OCH3 is 1. The lowest BCUT2D eigenvalue weighted by Gasteiger charge is -2.25. The number of aromatic nitrogens is 1. The van der Waals surface area contributed by atoms with Crippen molar-refractivity contribution in [2.24, 2.45) is 0 Å². The summed E-state index contributed by atoms with van der Waals surface area (Å²) in [6.45, 7) is 0.0683. The van der Waals surface area contributed by atoms with E-state index in [9.17, 15) is 13.6 Å². The highest BCUT2D eigenvalue weighted by atomic mass is 19.1. The number of carbonyl (C=O) groups excluding carboxylic acids is 1. The maximum atomic E-state index is 14.0. The molecule has 1 aromatic carbocycles. The minimum absolute atomic E-state index is 0.0178. The van der Waals surface area contributed by atoms with Crippen molar-refractivity contribution >= 4 is 5.91 Å². The van der Waals surface area contributed by atoms with Gasteiger partial charge in [0.15, 0.2) is 0 Å². The van der Waals surface area contributed by atoms with Crippen LogP contribution in [-0.4, -0.2) is 43.5 Å². The summed E-state index contributed by atoms with van der Waals surface area (Å²) in [4.78, 5) is 18.0. The second-order valence-corrected chi connectivity index (χ2v) is 5.75. The van der Waals surface area contributed by atoms with E-state index in [-0.39, 0.29) is 24.4 Å². The largest absolute Gasteiger partial charge is 0.495 e. The summed E-state index contributed by atoms with van der Waals surface area (Å²) in [5.41, 5.74) is 0.434. The third kappa shape index (κ3) is 4.73. The first-order valence-corrected chi connectivity index (χ1v) is 7.79. The van der Waals surface area contributed by atoms with Gasteiger partial charge < -0.3 is 15.0 Å². The van der Waals surface area contributed by atoms with Crippen molar-refractivity contribution < 1.29 is 18.3 Å². The summed E-state index contributed by atoms with van der Waals surface area (Å²) in [5.74, 6) is -1.07. The van der Waals surface area contributed by atoms with Crippen LogP contribution in [0, 0.1) is 11.6 Å². The normalized spacial score (nSPS) is 12.1. The van der Waals surface area contributed by atoms with Gasteiger partial charge in [0.25, 0.3) is 0 Å². The Hall–Kier alpha value is -2.54. The first-order valence-electron chi connectivity index (χ1n) is 7.79. The summed E-state index contributed by atoms with van der Waals surface area (Å²) in [6, 6.07) is 6.52. The fraction of sp³-hybridized carbons (Fsp3) is 0.333. The van der Waals surface area contributed by atoms with Crippen molar-refractivity contribution in [1.82, 2.24) is 15.2 Å². The molecule has 0 fully saturated rings. The smallest absolute Gasteiger partial charge is 0.226 e. The summed E-state index contributed by atoms with van der Waals surface area (Å²) in [7, 11) is 4.90. The van der Waals surface area contributed by atoms with Gasteiger partial charge in [0, 0.05) is 18.3 Å². The molecule has 0 aliphatic carbocycles. The molecule has 0 radical (unpaired) electrons. The monoisotopic (exact) mass is 349 g/mol. The predicted octanol–water partition coefficient (Wildman–Crippen LogP) is 2.33. The van der Waals surface area contributed by atoms with Crippen LogP contribution < -0.4 is 10.1 Å². The zero-order chi connectivity index (χ0) is 18.4. The number of halogens is 2. The second-order valence-electron chi connectivity index (χ2n) is 5.75. The van der Waals surface area contributed by atoms with Gasteiger partial charge in [-0.05, 0) is 38.4 Å². The molecule has 0 saturated carbocycles. The highest BCUT2D eigenvalue weighted by molar-refractivity contribution is 5.78. The van der Waals surface area contributed by atoms with E-state index in [0.717, 1.165) is 0 Å². The van der Waals surface area contributed by atoms with Crippen LogP contribution in [-0.2, 0) is 11.2 Å². The van der Waals surface area contributed by atoms with E-state index < -0.39 is 17.7 Å². The van der Waals surface area contributed by atoms with Crippen LogP contribution in [0.5, 0.6) is 5.75 Å². The van der Waals surface area contributed by atoms with Gasteiger partial charge in [0.1, 0.15) is 17.4 Å². The molecule has 1 N–H and O–H groups in total. The van der Waals surface area contributed by atoms with Crippen molar-refractivity contribution in [1.29, 1.82) is 0 Å². The van der Waals surface area contributed by atoms with Gasteiger partial charge in [-0.2, -0.15) is 0 Å². The van der Waals surface area contributed by atoms with Crippen LogP contribution in [0.2, 0.25) is 0 Å². The molecule has 25 heavy (non-hydrogen) atoms. The van der Waals surface area contributed by atoms with E-state index >= 15 is 0 Å². The molecule has 0 spiro atoms. The zero-order valence-electron chi connectivity index (χ0n) is 14.4. The highest BCUT2D eigenvalue weighted by Gasteiger charge is 2.23. The Morgan fingerprint density at radius 2 is 1.92 bits per heavy atom. The van der Waals surface area contributed by atoms with E-state index in [2.05, 4.69) is 10.3 Å². The van der Waals surface area contributed by atoms with Gasteiger partial charge in [-0.1, -0.05) is 6.07 Å². The number of nitrogens with one attached hydrogen (secondary N) is 1. The van der Waals surface area contributed by atoms with Crippen LogP contribution in [0.3, 0.4) is 0 Å². The Bertz CT molecular complexity index is 718. The van der Waals surface area contributed by atoms with Crippen molar-refractivity contribution in [3.8, 4) is 5.75 Å². The van der Waals surface area contributed by atoms with Gasteiger partial charge in [-0.3, -0.25) is 9.78 Å². The van der Waals surface area contributed by atoms with E-state index in [1.165, 1.54) is 25.3 Å². The first-order chi connectivity index (χ1) is 11.9. The summed E-state index contributed by atoms with van der Waals surface area (Å²) >= 11 is 0. The van der Waals surface area contributed by atoms with E-state index in [1.54, 1.807) is 37.3 Å². The number of nitrogens with zero attached hydrogens (tertiary/aromatic N) is 2. The number of ether oxygens (including phenoxy) is 1. The minimum atomic E-state index is -0.639. The number of benzene rings is 1. The molecule has 1 amide bonds. The number of likely N-dealkylation sites (N-methyl/N-ethyl adjacent to an activating group) is 1. The molecule has 1 atom stereocenters. The van der Waals surface area contributed by atoms with Crippen molar-refractivity contribution in [3.05, 3.63) is 59.4 Å². The minimum Gasteiger partial charge on any atom is -0.495 e. The molecule has 7 heteroatoms. The number of pyridine rings is 1. The molecule has 1 heterocycles. The first kappa shape index (κ1) is 18.8. The Morgan fingerprint density at radius 3 is 2.52 bits per heavy atom. The number of hydrogen-bond donors (Lipinski definition) is 1. The molecule has 0 bridgehead atoms. The molecule has 134 valence electrons. The van der Waals surface area contributed by atoms with Crippen molar-refractivity contribution in [3.63, 3.8) is 0 Å². The third-order valence-corrected chi connectivity index (χ3v) is 3.85. The van der Waals surface area contributed by atoms with Gasteiger partial charge in [-0.15, -0.1) is 0 Å². The van der Waals surface area contributed by atoms with E-state index in [0.29, 0.717) is 11.4 Å². The molecule has 2 rings (SSSR count). The lowest BCUT2D eigenvalue weighted by atomic mass is 10.0. The Morgan fingerprint density at radius 1 is 1.24 bits per heavy atom. The van der Waals surface area contributed by atoms with Crippen LogP contribution >= 0.6 is 0 Å². The third-order valence-electron chi connectivity index (χ3n) is 3.85. The zero-order valence-corrected chi connectivity index (χ0v) is 14.4. The van der Waals surface area contributed by atoms with Crippen LogP contribution in [0.25, 0.3) is 0 Å². The molecule has 0 saturated heterocycles. The number of carbonyl (C=O) groups is 1. The van der Waals surface area contributed by atoms with Gasteiger partial charge in [0.05, 0.1) is 25.3 Å². The summed E-state index contributed by atoms with van der Waals surface area (Å²) in [5, 5.41) is 2.71. The predicted molar refractivity (Wildman–Crippen MR) is 90.3 cm³/mol. The van der Waals surface area contributed by atoms with Gasteiger partial charge in [0.2, 0.25) is 5.91 Å². The number of hydrogen-bond acceptors (Lipinski definition) is 4. The molecule has 0 aliphatic heterocycles. The Kier molecular flexibility index (Phi) is 6.41. The Balaban J connectivity index is 2.08. The lowest BCUT2D eigenvalue weighted by molar-refractivity contribution is -0.120. The Labute approximate surface area is 145 Å². The average molecular weight is 349 g/mol. The molecule has 1 aromatic heterocycles.